The summed E-state index contributed by atoms with van der Waals surface area (Å²) in [6.45, 7) is 1.10. The first-order chi connectivity index (χ1) is 11.8. The van der Waals surface area contributed by atoms with E-state index in [0.717, 1.165) is 24.3 Å². The van der Waals surface area contributed by atoms with Crippen molar-refractivity contribution in [2.45, 2.75) is 121 Å². The van der Waals surface area contributed by atoms with Crippen LogP contribution in [0.25, 0.3) is 0 Å². The summed E-state index contributed by atoms with van der Waals surface area (Å²) in [5, 5.41) is 0. The molecule has 24 heavy (non-hydrogen) atoms. The maximum atomic E-state index is 2.61. The Hall–Kier alpha value is -0.195. The molecule has 0 aromatic rings. The molecule has 2 atom stereocenters. The Morgan fingerprint density at radius 1 is 0.792 bits per heavy atom. The minimum absolute atomic E-state index is 0.663. The summed E-state index contributed by atoms with van der Waals surface area (Å²) in [6, 6.07) is 0. The highest BCUT2D eigenvalue weighted by molar-refractivity contribution is 6.62. The number of unbranched alkanes of at least 4 members (excludes halogenated alkanes) is 1. The van der Waals surface area contributed by atoms with Gasteiger partial charge in [0.1, 0.15) is 6.71 Å². The Labute approximate surface area is 151 Å². The van der Waals surface area contributed by atoms with Crippen molar-refractivity contribution in [3.05, 3.63) is 12.2 Å². The van der Waals surface area contributed by atoms with Crippen LogP contribution < -0.4 is 0 Å². The van der Waals surface area contributed by atoms with Crippen molar-refractivity contribution < 1.29 is 0 Å². The molecule has 0 heterocycles. The summed E-state index contributed by atoms with van der Waals surface area (Å²) in [5.74, 6) is 3.16. The molecule has 0 spiro atoms. The number of allylic oxidation sites excluding steroid dienone is 2. The highest BCUT2D eigenvalue weighted by Gasteiger charge is 2.40. The van der Waals surface area contributed by atoms with E-state index in [1.54, 1.807) is 32.0 Å². The quantitative estimate of drug-likeness (QED) is 0.256. The first-order valence-electron chi connectivity index (χ1n) is 11.5. The van der Waals surface area contributed by atoms with E-state index in [1.807, 2.05) is 0 Å². The molecule has 4 aliphatic carbocycles. The second-order valence-electron chi connectivity index (χ2n) is 9.93. The number of hydrogen-bond donors (Lipinski definition) is 0. The van der Waals surface area contributed by atoms with E-state index in [4.69, 9.17) is 0 Å². The van der Waals surface area contributed by atoms with Gasteiger partial charge in [0.05, 0.1) is 0 Å². The molecule has 4 aliphatic rings. The Balaban J connectivity index is 1.27. The molecule has 0 amide bonds. The first kappa shape index (κ1) is 17.2. The van der Waals surface area contributed by atoms with Crippen LogP contribution in [0.2, 0.25) is 18.0 Å². The van der Waals surface area contributed by atoms with Crippen LogP contribution in [0, 0.1) is 11.3 Å². The SMILES string of the molecule is C1=CC2(CCCCB(C3CCCCC3)C3CCCCC3)CCC1C2. The Morgan fingerprint density at radius 3 is 1.96 bits per heavy atom. The van der Waals surface area contributed by atoms with Gasteiger partial charge in [-0.15, -0.1) is 0 Å². The van der Waals surface area contributed by atoms with E-state index in [0.29, 0.717) is 5.41 Å². The number of hydrogen-bond acceptors (Lipinski definition) is 0. The zero-order valence-corrected chi connectivity index (χ0v) is 16.0. The third kappa shape index (κ3) is 3.96. The van der Waals surface area contributed by atoms with Crippen LogP contribution in [0.1, 0.15) is 103 Å². The molecule has 1 heteroatoms. The molecular formula is C23H39B. The lowest BCUT2D eigenvalue weighted by molar-refractivity contribution is 0.356. The van der Waals surface area contributed by atoms with Crippen LogP contribution in [0.5, 0.6) is 0 Å². The van der Waals surface area contributed by atoms with Gasteiger partial charge in [-0.2, -0.15) is 0 Å². The fraction of sp³-hybridized carbons (Fsp3) is 0.913. The monoisotopic (exact) mass is 326 g/mol. The van der Waals surface area contributed by atoms with Gasteiger partial charge in [0.25, 0.3) is 0 Å². The van der Waals surface area contributed by atoms with Crippen LogP contribution in [0.3, 0.4) is 0 Å². The summed E-state index contributed by atoms with van der Waals surface area (Å²) in [4.78, 5) is 0. The van der Waals surface area contributed by atoms with Gasteiger partial charge in [-0.25, -0.2) is 0 Å². The highest BCUT2D eigenvalue weighted by Crippen LogP contribution is 2.52. The molecule has 4 rings (SSSR count). The van der Waals surface area contributed by atoms with E-state index in [1.165, 1.54) is 77.0 Å². The summed E-state index contributed by atoms with van der Waals surface area (Å²) in [6.07, 6.45) is 31.2. The summed E-state index contributed by atoms with van der Waals surface area (Å²) < 4.78 is 0. The van der Waals surface area contributed by atoms with Gasteiger partial charge in [0.15, 0.2) is 0 Å². The van der Waals surface area contributed by atoms with Gasteiger partial charge in [-0.1, -0.05) is 107 Å². The zero-order valence-electron chi connectivity index (χ0n) is 16.0. The molecule has 0 nitrogen and oxygen atoms in total. The largest absolute Gasteiger partial charge is 0.146 e. The van der Waals surface area contributed by atoms with Crippen molar-refractivity contribution in [3.63, 3.8) is 0 Å². The Kier molecular flexibility index (Phi) is 5.75. The van der Waals surface area contributed by atoms with Crippen LogP contribution in [-0.2, 0) is 0 Å². The van der Waals surface area contributed by atoms with E-state index < -0.39 is 0 Å². The minimum atomic E-state index is 0.663. The van der Waals surface area contributed by atoms with Gasteiger partial charge < -0.3 is 0 Å². The molecule has 134 valence electrons. The second kappa shape index (κ2) is 8.00. The summed E-state index contributed by atoms with van der Waals surface area (Å²) >= 11 is 0. The van der Waals surface area contributed by atoms with Crippen molar-refractivity contribution in [2.24, 2.45) is 11.3 Å². The maximum Gasteiger partial charge on any atom is 0.146 e. The van der Waals surface area contributed by atoms with E-state index in [2.05, 4.69) is 12.2 Å². The van der Waals surface area contributed by atoms with Crippen molar-refractivity contribution in [1.29, 1.82) is 0 Å². The van der Waals surface area contributed by atoms with Gasteiger partial charge in [0.2, 0.25) is 0 Å². The van der Waals surface area contributed by atoms with Crippen molar-refractivity contribution >= 4 is 6.71 Å². The average Bonchev–Trinajstić information content (AvgIpc) is 3.24. The van der Waals surface area contributed by atoms with Gasteiger partial charge in [-0.3, -0.25) is 0 Å². The molecule has 0 aromatic heterocycles. The lowest BCUT2D eigenvalue weighted by Crippen LogP contribution is -2.30. The van der Waals surface area contributed by atoms with E-state index >= 15 is 0 Å². The topological polar surface area (TPSA) is 0 Å². The highest BCUT2D eigenvalue weighted by atomic mass is 14.4. The zero-order chi connectivity index (χ0) is 16.2. The molecule has 2 bridgehead atoms. The third-order valence-electron chi connectivity index (χ3n) is 8.38. The molecule has 2 unspecified atom stereocenters. The van der Waals surface area contributed by atoms with Crippen molar-refractivity contribution in [2.75, 3.05) is 0 Å². The molecular weight excluding hydrogens is 287 g/mol. The smallest absolute Gasteiger partial charge is 0.0848 e. The maximum absolute atomic E-state index is 2.61. The Bertz CT molecular complexity index is 398. The summed E-state index contributed by atoms with van der Waals surface area (Å²) in [7, 11) is 0. The van der Waals surface area contributed by atoms with Gasteiger partial charge >= 0.3 is 0 Å². The van der Waals surface area contributed by atoms with Crippen LogP contribution in [0.15, 0.2) is 12.2 Å². The molecule has 0 aliphatic heterocycles. The molecule has 3 saturated carbocycles. The van der Waals surface area contributed by atoms with Crippen LogP contribution in [-0.4, -0.2) is 6.71 Å². The van der Waals surface area contributed by atoms with Gasteiger partial charge in [0, 0.05) is 0 Å². The molecule has 3 fully saturated rings. The lowest BCUT2D eigenvalue weighted by Gasteiger charge is -2.36. The minimum Gasteiger partial charge on any atom is -0.0848 e. The molecule has 0 N–H and O–H groups in total. The average molecular weight is 326 g/mol. The first-order valence-corrected chi connectivity index (χ1v) is 11.5. The predicted molar refractivity (Wildman–Crippen MR) is 107 cm³/mol. The van der Waals surface area contributed by atoms with Crippen molar-refractivity contribution in [1.82, 2.24) is 0 Å². The van der Waals surface area contributed by atoms with Crippen molar-refractivity contribution in [3.8, 4) is 0 Å². The molecule has 0 aromatic carbocycles. The lowest BCUT2D eigenvalue weighted by atomic mass is 9.28. The molecule has 0 radical (unpaired) electrons. The second-order valence-corrected chi connectivity index (χ2v) is 9.93. The third-order valence-corrected chi connectivity index (χ3v) is 8.38. The van der Waals surface area contributed by atoms with Gasteiger partial charge in [-0.05, 0) is 37.0 Å². The van der Waals surface area contributed by atoms with E-state index in [9.17, 15) is 0 Å². The van der Waals surface area contributed by atoms with Crippen LogP contribution >= 0.6 is 0 Å². The summed E-state index contributed by atoms with van der Waals surface area (Å²) in [5.41, 5.74) is 0.663. The van der Waals surface area contributed by atoms with E-state index in [-0.39, 0.29) is 0 Å². The molecule has 0 saturated heterocycles. The fourth-order valence-electron chi connectivity index (χ4n) is 7.00. The predicted octanol–water partition coefficient (Wildman–Crippen LogP) is 7.68. The number of fused-ring (bicyclic) bond motifs is 2. The normalized spacial score (nSPS) is 34.1. The number of rotatable bonds is 7. The standard InChI is InChI=1S/C23H39B/c1-3-9-21(10-4-1)24(22-11-5-2-6-12-22)18-8-7-15-23-16-13-20(19-23)14-17-23/h13,16,20-22H,1-12,14-15,17-19H2. The Morgan fingerprint density at radius 2 is 1.46 bits per heavy atom. The fourth-order valence-corrected chi connectivity index (χ4v) is 7.00. The van der Waals surface area contributed by atoms with Crippen LogP contribution in [0.4, 0.5) is 0 Å².